The molecule has 1 fully saturated rings. The van der Waals surface area contributed by atoms with Gasteiger partial charge in [-0.25, -0.2) is 4.98 Å². The van der Waals surface area contributed by atoms with Crippen LogP contribution in [0.5, 0.6) is 0 Å². The molecule has 1 aromatic rings. The van der Waals surface area contributed by atoms with Crippen molar-refractivity contribution in [2.24, 2.45) is 0 Å². The van der Waals surface area contributed by atoms with Gasteiger partial charge in [0.2, 0.25) is 5.91 Å². The van der Waals surface area contributed by atoms with E-state index in [1.807, 2.05) is 4.90 Å². The number of nitrogens with two attached hydrogens (primary N) is 1. The molecule has 0 radical (unpaired) electrons. The molecule has 0 atom stereocenters. The standard InChI is InChI=1S/C12H17BrN4O/c13-10-6-9(14)7-15-12(10)16-8-11(18)17-4-2-1-3-5-17/h6-7H,1-5,8,14H2,(H,15,16). The molecule has 0 unspecified atom stereocenters. The van der Waals surface area contributed by atoms with Crippen LogP contribution in [0.2, 0.25) is 0 Å². The molecule has 0 saturated carbocycles. The third kappa shape index (κ3) is 3.35. The number of hydrogen-bond donors (Lipinski definition) is 2. The zero-order valence-electron chi connectivity index (χ0n) is 10.2. The summed E-state index contributed by atoms with van der Waals surface area (Å²) >= 11 is 3.36. The van der Waals surface area contributed by atoms with Gasteiger partial charge < -0.3 is 16.0 Å². The molecule has 2 rings (SSSR count). The zero-order chi connectivity index (χ0) is 13.0. The number of hydrogen-bond acceptors (Lipinski definition) is 4. The maximum Gasteiger partial charge on any atom is 0.241 e. The fourth-order valence-electron chi connectivity index (χ4n) is 2.00. The minimum Gasteiger partial charge on any atom is -0.397 e. The van der Waals surface area contributed by atoms with Crippen molar-refractivity contribution in [1.29, 1.82) is 0 Å². The average Bonchev–Trinajstić information content (AvgIpc) is 2.38. The first kappa shape index (κ1) is 13.1. The quantitative estimate of drug-likeness (QED) is 0.893. The molecule has 3 N–H and O–H groups in total. The van der Waals surface area contributed by atoms with E-state index in [0.29, 0.717) is 11.5 Å². The summed E-state index contributed by atoms with van der Waals surface area (Å²) in [6.07, 6.45) is 5.01. The van der Waals surface area contributed by atoms with Crippen molar-refractivity contribution in [2.75, 3.05) is 30.7 Å². The van der Waals surface area contributed by atoms with E-state index in [4.69, 9.17) is 5.73 Å². The summed E-state index contributed by atoms with van der Waals surface area (Å²) in [4.78, 5) is 18.0. The number of nitrogen functional groups attached to an aromatic ring is 1. The number of piperidine rings is 1. The first-order valence-electron chi connectivity index (χ1n) is 6.09. The average molecular weight is 313 g/mol. The Balaban J connectivity index is 1.88. The van der Waals surface area contributed by atoms with E-state index < -0.39 is 0 Å². The molecule has 1 aliphatic heterocycles. The highest BCUT2D eigenvalue weighted by molar-refractivity contribution is 9.10. The van der Waals surface area contributed by atoms with Crippen molar-refractivity contribution < 1.29 is 4.79 Å². The van der Waals surface area contributed by atoms with Crippen LogP contribution in [0, 0.1) is 0 Å². The van der Waals surface area contributed by atoms with Crippen LogP contribution in [0.4, 0.5) is 11.5 Å². The van der Waals surface area contributed by atoms with Gasteiger partial charge in [-0.05, 0) is 41.3 Å². The Morgan fingerprint density at radius 2 is 2.17 bits per heavy atom. The van der Waals surface area contributed by atoms with Crippen molar-refractivity contribution in [2.45, 2.75) is 19.3 Å². The molecule has 98 valence electrons. The SMILES string of the molecule is Nc1cnc(NCC(=O)N2CCCCC2)c(Br)c1. The van der Waals surface area contributed by atoms with Gasteiger partial charge in [0.15, 0.2) is 0 Å². The molecule has 0 aromatic carbocycles. The van der Waals surface area contributed by atoms with Crippen LogP contribution in [0.3, 0.4) is 0 Å². The summed E-state index contributed by atoms with van der Waals surface area (Å²) in [5.41, 5.74) is 6.20. The second kappa shape index (κ2) is 6.04. The number of nitrogens with one attached hydrogen (secondary N) is 1. The number of amides is 1. The minimum absolute atomic E-state index is 0.125. The molecule has 5 nitrogen and oxygen atoms in total. The lowest BCUT2D eigenvalue weighted by Gasteiger charge is -2.26. The number of halogens is 1. The Bertz CT molecular complexity index is 432. The van der Waals surface area contributed by atoms with E-state index in [2.05, 4.69) is 26.2 Å². The largest absolute Gasteiger partial charge is 0.397 e. The molecule has 1 saturated heterocycles. The second-order valence-corrected chi connectivity index (χ2v) is 5.25. The lowest BCUT2D eigenvalue weighted by atomic mass is 10.1. The fraction of sp³-hybridized carbons (Fsp3) is 0.500. The second-order valence-electron chi connectivity index (χ2n) is 4.39. The first-order valence-corrected chi connectivity index (χ1v) is 6.89. The number of rotatable bonds is 3. The van der Waals surface area contributed by atoms with E-state index in [-0.39, 0.29) is 12.5 Å². The van der Waals surface area contributed by atoms with Crippen LogP contribution in [0.15, 0.2) is 16.7 Å². The van der Waals surface area contributed by atoms with Crippen molar-refractivity contribution in [3.8, 4) is 0 Å². The van der Waals surface area contributed by atoms with E-state index in [9.17, 15) is 4.79 Å². The van der Waals surface area contributed by atoms with Gasteiger partial charge in [0.05, 0.1) is 22.9 Å². The molecule has 0 spiro atoms. The molecule has 18 heavy (non-hydrogen) atoms. The van der Waals surface area contributed by atoms with Crippen LogP contribution in [-0.2, 0) is 4.79 Å². The first-order chi connectivity index (χ1) is 8.66. The molecule has 2 heterocycles. The van der Waals surface area contributed by atoms with Crippen LogP contribution in [-0.4, -0.2) is 35.4 Å². The number of anilines is 2. The summed E-state index contributed by atoms with van der Waals surface area (Å²) in [5.74, 6) is 0.773. The normalized spacial score (nSPS) is 15.5. The maximum absolute atomic E-state index is 11.9. The third-order valence-electron chi connectivity index (χ3n) is 2.98. The van der Waals surface area contributed by atoms with E-state index in [1.54, 1.807) is 12.3 Å². The van der Waals surface area contributed by atoms with Gasteiger partial charge in [-0.2, -0.15) is 0 Å². The van der Waals surface area contributed by atoms with E-state index in [1.165, 1.54) is 6.42 Å². The highest BCUT2D eigenvalue weighted by Crippen LogP contribution is 2.21. The molecule has 1 aliphatic rings. The predicted octanol–water partition coefficient (Wildman–Crippen LogP) is 1.85. The van der Waals surface area contributed by atoms with Crippen molar-refractivity contribution in [3.63, 3.8) is 0 Å². The van der Waals surface area contributed by atoms with Crippen LogP contribution >= 0.6 is 15.9 Å². The summed E-state index contributed by atoms with van der Waals surface area (Å²) in [6.45, 7) is 2.02. The number of carbonyl (C=O) groups is 1. The number of carbonyl (C=O) groups excluding carboxylic acids is 1. The van der Waals surface area contributed by atoms with Gasteiger partial charge in [-0.15, -0.1) is 0 Å². The van der Waals surface area contributed by atoms with Gasteiger partial charge >= 0.3 is 0 Å². The maximum atomic E-state index is 11.9. The third-order valence-corrected chi connectivity index (χ3v) is 3.58. The predicted molar refractivity (Wildman–Crippen MR) is 75.3 cm³/mol. The van der Waals surface area contributed by atoms with Crippen LogP contribution in [0.1, 0.15) is 19.3 Å². The number of nitrogens with zero attached hydrogens (tertiary/aromatic N) is 2. The molecular weight excluding hydrogens is 296 g/mol. The van der Waals surface area contributed by atoms with Gasteiger partial charge in [-0.3, -0.25) is 4.79 Å². The van der Waals surface area contributed by atoms with Gasteiger partial charge in [0.1, 0.15) is 5.82 Å². The minimum atomic E-state index is 0.125. The van der Waals surface area contributed by atoms with Gasteiger partial charge in [0.25, 0.3) is 0 Å². The highest BCUT2D eigenvalue weighted by atomic mass is 79.9. The Labute approximate surface area is 115 Å². The number of likely N-dealkylation sites (tertiary alicyclic amines) is 1. The molecular formula is C12H17BrN4O. The lowest BCUT2D eigenvalue weighted by Crippen LogP contribution is -2.39. The number of pyridine rings is 1. The Morgan fingerprint density at radius 3 is 2.83 bits per heavy atom. The monoisotopic (exact) mass is 312 g/mol. The number of aromatic nitrogens is 1. The van der Waals surface area contributed by atoms with Crippen LogP contribution < -0.4 is 11.1 Å². The topological polar surface area (TPSA) is 71.2 Å². The fourth-order valence-corrected chi connectivity index (χ4v) is 2.50. The van der Waals surface area contributed by atoms with Gasteiger partial charge in [-0.1, -0.05) is 0 Å². The molecule has 6 heteroatoms. The smallest absolute Gasteiger partial charge is 0.241 e. The highest BCUT2D eigenvalue weighted by Gasteiger charge is 2.16. The van der Waals surface area contributed by atoms with Crippen LogP contribution in [0.25, 0.3) is 0 Å². The van der Waals surface area contributed by atoms with Crippen molar-refractivity contribution in [1.82, 2.24) is 9.88 Å². The Morgan fingerprint density at radius 1 is 1.44 bits per heavy atom. The summed E-state index contributed by atoms with van der Waals surface area (Å²) in [7, 11) is 0. The summed E-state index contributed by atoms with van der Waals surface area (Å²) in [6, 6.07) is 1.76. The van der Waals surface area contributed by atoms with E-state index >= 15 is 0 Å². The molecule has 1 amide bonds. The lowest BCUT2D eigenvalue weighted by molar-refractivity contribution is -0.130. The van der Waals surface area contributed by atoms with Crippen molar-refractivity contribution in [3.05, 3.63) is 16.7 Å². The Kier molecular flexibility index (Phi) is 4.41. The molecule has 1 aromatic heterocycles. The zero-order valence-corrected chi connectivity index (χ0v) is 11.7. The Hall–Kier alpha value is -1.30. The molecule has 0 aliphatic carbocycles. The van der Waals surface area contributed by atoms with Crippen molar-refractivity contribution >= 4 is 33.3 Å². The summed E-state index contributed by atoms with van der Waals surface area (Å²) < 4.78 is 0.772. The summed E-state index contributed by atoms with van der Waals surface area (Å²) in [5, 5.41) is 3.03. The van der Waals surface area contributed by atoms with E-state index in [0.717, 1.165) is 30.4 Å². The van der Waals surface area contributed by atoms with Gasteiger partial charge in [0, 0.05) is 13.1 Å². The molecule has 0 bridgehead atoms.